The van der Waals surface area contributed by atoms with Gasteiger partial charge in [0.2, 0.25) is 11.8 Å². The van der Waals surface area contributed by atoms with E-state index in [0.717, 1.165) is 6.92 Å². The van der Waals surface area contributed by atoms with Crippen molar-refractivity contribution in [2.45, 2.75) is 76.9 Å². The van der Waals surface area contributed by atoms with E-state index >= 15 is 4.39 Å². The van der Waals surface area contributed by atoms with Crippen LogP contribution in [0.2, 0.25) is 0 Å². The van der Waals surface area contributed by atoms with Crippen LogP contribution < -0.4 is 26.2 Å². The Balaban J connectivity index is 1.53. The Morgan fingerprint density at radius 3 is 2.72 bits per heavy atom. The zero-order chi connectivity index (χ0) is 31.7. The fourth-order valence-electron chi connectivity index (χ4n) is 4.32. The Morgan fingerprint density at radius 1 is 1.37 bits per heavy atom. The predicted octanol–water partition coefficient (Wildman–Crippen LogP) is 0.789. The monoisotopic (exact) mass is 648 g/mol. The number of alkyl halides is 1. The summed E-state index contributed by atoms with van der Waals surface area (Å²) in [5.41, 5.74) is 3.68. The lowest BCUT2D eigenvalue weighted by molar-refractivity contribution is -0.149. The van der Waals surface area contributed by atoms with Gasteiger partial charge < -0.3 is 34.9 Å². The molecular formula is C23H34FN8O9PS. The van der Waals surface area contributed by atoms with Crippen molar-refractivity contribution in [1.82, 2.24) is 35.2 Å². The van der Waals surface area contributed by atoms with Gasteiger partial charge in [-0.1, -0.05) is 11.4 Å². The Labute approximate surface area is 249 Å². The van der Waals surface area contributed by atoms with Crippen LogP contribution in [-0.4, -0.2) is 97.6 Å². The van der Waals surface area contributed by atoms with Gasteiger partial charge in [0.15, 0.2) is 23.1 Å². The molecule has 0 aliphatic carbocycles. The van der Waals surface area contributed by atoms with Crippen LogP contribution in [0.5, 0.6) is 5.88 Å². The molecule has 2 aliphatic heterocycles. The van der Waals surface area contributed by atoms with Crippen molar-refractivity contribution in [2.75, 3.05) is 24.7 Å². The number of hydrogen-bond acceptors (Lipinski definition) is 14. The molecule has 2 fully saturated rings. The molecule has 2 aliphatic rings. The van der Waals surface area contributed by atoms with Gasteiger partial charge in [-0.15, -0.1) is 0 Å². The number of urea groups is 1. The highest BCUT2D eigenvalue weighted by Crippen LogP contribution is 2.57. The number of aromatic nitrogens is 4. The zero-order valence-electron chi connectivity index (χ0n) is 24.0. The van der Waals surface area contributed by atoms with Crippen molar-refractivity contribution in [1.29, 1.82) is 0 Å². The van der Waals surface area contributed by atoms with Gasteiger partial charge in [0, 0.05) is 5.75 Å². The van der Waals surface area contributed by atoms with Crippen LogP contribution in [0, 0.1) is 0 Å². The lowest BCUT2D eigenvalue weighted by Crippen LogP contribution is -2.41. The largest absolute Gasteiger partial charge is 0.476 e. The van der Waals surface area contributed by atoms with E-state index in [4.69, 9.17) is 24.5 Å². The molecule has 3 unspecified atom stereocenters. The summed E-state index contributed by atoms with van der Waals surface area (Å²) in [5, 5.41) is 17.9. The van der Waals surface area contributed by atoms with Gasteiger partial charge in [-0.3, -0.25) is 24.0 Å². The number of carbonyl (C=O) groups excluding carboxylic acids is 3. The Hall–Kier alpha value is -3.09. The fraction of sp³-hybridized carbons (Fsp3) is 0.652. The lowest BCUT2D eigenvalue weighted by atomic mass is 9.98. The number of amides is 3. The Morgan fingerprint density at radius 2 is 2.09 bits per heavy atom. The van der Waals surface area contributed by atoms with Crippen molar-refractivity contribution < 1.29 is 47.2 Å². The number of imide groups is 1. The summed E-state index contributed by atoms with van der Waals surface area (Å²) in [6, 6.07) is -2.86. The first kappa shape index (κ1) is 32.8. The minimum atomic E-state index is -4.08. The standard InChI is InChI=1S/C23H34FN8O9PS/c1-6-38-18-14-16(28-21(25)30-18)32(9-26-14)20-23(5,24)15(33)13(41-20)7-39-42(37,31-11(4)19(35)40-10(2)3)43-8-12-17(34)29-22(36)27-12/h9-13,15,20,33H,6-8H2,1-5H3,(H,31,37)(H2,25,28,30)(H2,27,29,34,36)/t11?,12?,13-,15-,20-,23-,42?/m1/s1. The summed E-state index contributed by atoms with van der Waals surface area (Å²) >= 11 is 0.632. The third-order valence-electron chi connectivity index (χ3n) is 6.39. The summed E-state index contributed by atoms with van der Waals surface area (Å²) in [4.78, 5) is 48.2. The van der Waals surface area contributed by atoms with Crippen molar-refractivity contribution in [3.63, 3.8) is 0 Å². The number of fused-ring (bicyclic) bond motifs is 1. The number of nitrogens with zero attached hydrogens (tertiary/aromatic N) is 4. The molecular weight excluding hydrogens is 614 g/mol. The maximum absolute atomic E-state index is 16.0. The number of rotatable bonds is 13. The number of nitrogens with two attached hydrogens (primary N) is 1. The maximum Gasteiger partial charge on any atom is 0.327 e. The van der Waals surface area contributed by atoms with Crippen LogP contribution in [0.3, 0.4) is 0 Å². The topological polar surface area (TPSA) is 231 Å². The summed E-state index contributed by atoms with van der Waals surface area (Å²) in [6.45, 7) is 3.10. The number of hydrogen-bond donors (Lipinski definition) is 5. The molecule has 0 bridgehead atoms. The molecule has 0 saturated carbocycles. The number of nitrogens with one attached hydrogen (secondary N) is 3. The summed E-state index contributed by atoms with van der Waals surface area (Å²) in [5.74, 6) is -1.62. The van der Waals surface area contributed by atoms with E-state index in [9.17, 15) is 24.1 Å². The van der Waals surface area contributed by atoms with Crippen molar-refractivity contribution in [2.24, 2.45) is 0 Å². The van der Waals surface area contributed by atoms with Gasteiger partial charge in [0.05, 0.1) is 25.6 Å². The number of ether oxygens (including phenoxy) is 3. The van der Waals surface area contributed by atoms with Crippen LogP contribution in [-0.2, 0) is 28.2 Å². The molecule has 2 aromatic rings. The average Bonchev–Trinajstić information content (AvgIpc) is 3.54. The van der Waals surface area contributed by atoms with Gasteiger partial charge in [-0.05, 0) is 34.6 Å². The highest BCUT2D eigenvalue weighted by molar-refractivity contribution is 8.56. The second-order valence-corrected chi connectivity index (χ2v) is 14.5. The fourth-order valence-corrected chi connectivity index (χ4v) is 8.19. The highest BCUT2D eigenvalue weighted by atomic mass is 32.7. The van der Waals surface area contributed by atoms with Crippen LogP contribution in [0.4, 0.5) is 15.1 Å². The number of anilines is 1. The summed E-state index contributed by atoms with van der Waals surface area (Å²) in [6.07, 6.45) is -3.81. The molecule has 2 saturated heterocycles. The number of halogens is 1. The molecule has 43 heavy (non-hydrogen) atoms. The minimum Gasteiger partial charge on any atom is -0.476 e. The summed E-state index contributed by atoms with van der Waals surface area (Å²) < 4.78 is 53.3. The third-order valence-corrected chi connectivity index (χ3v) is 10.5. The number of imidazole rings is 1. The van der Waals surface area contributed by atoms with Gasteiger partial charge >= 0.3 is 18.7 Å². The van der Waals surface area contributed by atoms with Gasteiger partial charge in [0.25, 0.3) is 5.91 Å². The van der Waals surface area contributed by atoms with E-state index in [1.54, 1.807) is 20.8 Å². The first-order chi connectivity index (χ1) is 20.1. The van der Waals surface area contributed by atoms with Crippen molar-refractivity contribution in [3.8, 4) is 5.88 Å². The summed E-state index contributed by atoms with van der Waals surface area (Å²) in [7, 11) is 0. The number of nitrogen functional groups attached to an aromatic ring is 1. The van der Waals surface area contributed by atoms with E-state index < -0.39 is 73.5 Å². The second kappa shape index (κ2) is 12.9. The molecule has 4 heterocycles. The predicted molar refractivity (Wildman–Crippen MR) is 151 cm³/mol. The molecule has 238 valence electrons. The smallest absolute Gasteiger partial charge is 0.327 e. The third kappa shape index (κ3) is 7.18. The molecule has 0 spiro atoms. The number of carbonyl (C=O) groups is 3. The van der Waals surface area contributed by atoms with Gasteiger partial charge in [-0.25, -0.2) is 19.3 Å². The first-order valence-electron chi connectivity index (χ1n) is 13.3. The lowest BCUT2D eigenvalue weighted by Gasteiger charge is -2.25. The molecule has 0 radical (unpaired) electrons. The van der Waals surface area contributed by atoms with E-state index in [0.29, 0.717) is 11.4 Å². The molecule has 3 amide bonds. The van der Waals surface area contributed by atoms with E-state index in [2.05, 4.69) is 30.7 Å². The molecule has 6 N–H and O–H groups in total. The number of esters is 1. The van der Waals surface area contributed by atoms with Crippen LogP contribution in [0.25, 0.3) is 11.2 Å². The highest BCUT2D eigenvalue weighted by Gasteiger charge is 2.56. The zero-order valence-corrected chi connectivity index (χ0v) is 25.7. The molecule has 7 atom stereocenters. The number of aliphatic hydroxyl groups is 1. The van der Waals surface area contributed by atoms with Crippen molar-refractivity contribution in [3.05, 3.63) is 6.33 Å². The Bertz CT molecular complexity index is 1430. The molecule has 4 rings (SSSR count). The first-order valence-corrected chi connectivity index (χ1v) is 16.5. The second-order valence-electron chi connectivity index (χ2n) is 10.2. The van der Waals surface area contributed by atoms with Crippen LogP contribution >= 0.6 is 18.1 Å². The molecule has 2 aromatic heterocycles. The minimum absolute atomic E-state index is 0.0871. The molecule has 0 aromatic carbocycles. The normalized spacial score (nSPS) is 27.6. The molecule has 20 heteroatoms. The maximum atomic E-state index is 16.0. The van der Waals surface area contributed by atoms with Crippen LogP contribution in [0.15, 0.2) is 6.33 Å². The van der Waals surface area contributed by atoms with Crippen molar-refractivity contribution >= 4 is 53.1 Å². The van der Waals surface area contributed by atoms with E-state index in [-0.39, 0.29) is 35.4 Å². The quantitative estimate of drug-likeness (QED) is 0.115. The van der Waals surface area contributed by atoms with Gasteiger partial charge in [0.1, 0.15) is 24.3 Å². The van der Waals surface area contributed by atoms with E-state index in [1.807, 2.05) is 0 Å². The van der Waals surface area contributed by atoms with Crippen LogP contribution in [0.1, 0.15) is 40.8 Å². The Kier molecular flexibility index (Phi) is 9.82. The number of aliphatic hydroxyl groups excluding tert-OH is 1. The average molecular weight is 649 g/mol. The van der Waals surface area contributed by atoms with Gasteiger partial charge in [-0.2, -0.15) is 9.97 Å². The molecule has 17 nitrogen and oxygen atoms in total. The van der Waals surface area contributed by atoms with E-state index in [1.165, 1.54) is 17.8 Å². The SMILES string of the molecule is CCOc1nc(N)nc2c1ncn2[C@@H]1O[C@H](COP(=O)(NC(C)C(=O)OC(C)C)SCC2NC(=O)NC2=O)[C@@H](O)[C@@]1(C)F.